The van der Waals surface area contributed by atoms with Crippen molar-refractivity contribution in [3.8, 4) is 0 Å². The van der Waals surface area contributed by atoms with Crippen LogP contribution in [0.5, 0.6) is 0 Å². The molecule has 0 aliphatic rings. The van der Waals surface area contributed by atoms with Gasteiger partial charge in [-0.1, -0.05) is 12.1 Å². The van der Waals surface area contributed by atoms with Crippen LogP contribution in [0.2, 0.25) is 0 Å². The number of nitrogens with one attached hydrogen (secondary N) is 1. The first-order valence-electron chi connectivity index (χ1n) is 6.44. The lowest BCUT2D eigenvalue weighted by Crippen LogP contribution is -2.13. The van der Waals surface area contributed by atoms with E-state index in [1.165, 1.54) is 12.4 Å². The first kappa shape index (κ1) is 14.6. The normalized spacial score (nSPS) is 11.8. The Hall–Kier alpha value is -1.82. The maximum atomic E-state index is 12.3. The summed E-state index contributed by atoms with van der Waals surface area (Å²) in [6.07, 6.45) is 2.91. The number of anilines is 1. The summed E-state index contributed by atoms with van der Waals surface area (Å²) in [5, 5.41) is 4.06. The van der Waals surface area contributed by atoms with Crippen molar-refractivity contribution in [3.05, 3.63) is 41.7 Å². The fourth-order valence-corrected chi connectivity index (χ4v) is 2.85. The van der Waals surface area contributed by atoms with E-state index in [2.05, 4.69) is 9.82 Å². The van der Waals surface area contributed by atoms with E-state index in [1.54, 1.807) is 4.68 Å². The van der Waals surface area contributed by atoms with E-state index in [1.807, 2.05) is 45.9 Å². The molecule has 20 heavy (non-hydrogen) atoms. The van der Waals surface area contributed by atoms with Gasteiger partial charge in [0.2, 0.25) is 0 Å². The lowest BCUT2D eigenvalue weighted by Gasteiger charge is -2.10. The highest BCUT2D eigenvalue weighted by molar-refractivity contribution is 7.92. The van der Waals surface area contributed by atoms with Crippen LogP contribution in [-0.4, -0.2) is 18.2 Å². The molecule has 0 radical (unpaired) electrons. The van der Waals surface area contributed by atoms with Crippen molar-refractivity contribution in [3.63, 3.8) is 0 Å². The SMILES string of the molecule is Cc1ccc(C)c(NS(=O)(=O)c2cnn(C(C)C)c2)c1. The molecule has 2 aromatic rings. The zero-order chi connectivity index (χ0) is 14.9. The lowest BCUT2D eigenvalue weighted by atomic mass is 10.1. The van der Waals surface area contributed by atoms with Crippen molar-refractivity contribution in [1.29, 1.82) is 0 Å². The van der Waals surface area contributed by atoms with E-state index in [4.69, 9.17) is 0 Å². The van der Waals surface area contributed by atoms with Crippen molar-refractivity contribution in [1.82, 2.24) is 9.78 Å². The Kier molecular flexibility index (Phi) is 3.85. The maximum Gasteiger partial charge on any atom is 0.265 e. The monoisotopic (exact) mass is 293 g/mol. The predicted octanol–water partition coefficient (Wildman–Crippen LogP) is 2.88. The van der Waals surface area contributed by atoms with Gasteiger partial charge in [0.05, 0.1) is 11.9 Å². The smallest absolute Gasteiger partial charge is 0.265 e. The summed E-state index contributed by atoms with van der Waals surface area (Å²) in [4.78, 5) is 0.173. The molecular weight excluding hydrogens is 274 g/mol. The van der Waals surface area contributed by atoms with E-state index < -0.39 is 10.0 Å². The third-order valence-electron chi connectivity index (χ3n) is 3.05. The van der Waals surface area contributed by atoms with Crippen molar-refractivity contribution >= 4 is 15.7 Å². The van der Waals surface area contributed by atoms with Crippen LogP contribution in [0.25, 0.3) is 0 Å². The van der Waals surface area contributed by atoms with Gasteiger partial charge in [-0.15, -0.1) is 0 Å². The lowest BCUT2D eigenvalue weighted by molar-refractivity contribution is 0.531. The fourth-order valence-electron chi connectivity index (χ4n) is 1.79. The quantitative estimate of drug-likeness (QED) is 0.942. The number of aryl methyl sites for hydroxylation is 2. The largest absolute Gasteiger partial charge is 0.279 e. The van der Waals surface area contributed by atoms with Gasteiger partial charge < -0.3 is 0 Å². The molecule has 1 heterocycles. The van der Waals surface area contributed by atoms with Crippen molar-refractivity contribution in [2.24, 2.45) is 0 Å². The molecule has 0 bridgehead atoms. The number of hydrogen-bond acceptors (Lipinski definition) is 3. The van der Waals surface area contributed by atoms with Gasteiger partial charge in [-0.3, -0.25) is 9.40 Å². The van der Waals surface area contributed by atoms with Crippen LogP contribution in [-0.2, 0) is 10.0 Å². The van der Waals surface area contributed by atoms with Crippen LogP contribution in [0.1, 0.15) is 31.0 Å². The van der Waals surface area contributed by atoms with E-state index >= 15 is 0 Å². The van der Waals surface area contributed by atoms with Crippen molar-refractivity contribution in [2.75, 3.05) is 4.72 Å². The Labute approximate surface area is 119 Å². The first-order chi connectivity index (χ1) is 9.29. The van der Waals surface area contributed by atoms with Gasteiger partial charge in [0.25, 0.3) is 10.0 Å². The van der Waals surface area contributed by atoms with Gasteiger partial charge in [-0.05, 0) is 44.9 Å². The Balaban J connectivity index is 2.33. The second-order valence-electron chi connectivity index (χ2n) is 5.17. The van der Waals surface area contributed by atoms with E-state index in [0.717, 1.165) is 11.1 Å². The zero-order valence-corrected chi connectivity index (χ0v) is 12.9. The Morgan fingerprint density at radius 3 is 2.55 bits per heavy atom. The summed E-state index contributed by atoms with van der Waals surface area (Å²) in [5.41, 5.74) is 2.49. The molecule has 0 saturated heterocycles. The molecule has 0 aliphatic heterocycles. The second kappa shape index (κ2) is 5.28. The van der Waals surface area contributed by atoms with Crippen LogP contribution >= 0.6 is 0 Å². The van der Waals surface area contributed by atoms with Crippen LogP contribution in [0.4, 0.5) is 5.69 Å². The summed E-state index contributed by atoms with van der Waals surface area (Å²) < 4.78 is 28.9. The number of benzene rings is 1. The highest BCUT2D eigenvalue weighted by Crippen LogP contribution is 2.21. The molecule has 1 N–H and O–H groups in total. The summed E-state index contributed by atoms with van der Waals surface area (Å²) >= 11 is 0. The van der Waals surface area contributed by atoms with Crippen LogP contribution in [0, 0.1) is 13.8 Å². The molecule has 1 aromatic carbocycles. The fraction of sp³-hybridized carbons (Fsp3) is 0.357. The summed E-state index contributed by atoms with van der Waals surface area (Å²) in [7, 11) is -3.60. The number of rotatable bonds is 4. The average molecular weight is 293 g/mol. The topological polar surface area (TPSA) is 64.0 Å². The van der Waals surface area contributed by atoms with Crippen LogP contribution in [0.3, 0.4) is 0 Å². The molecule has 108 valence electrons. The van der Waals surface area contributed by atoms with Gasteiger partial charge in [0.15, 0.2) is 0 Å². The third-order valence-corrected chi connectivity index (χ3v) is 4.37. The minimum Gasteiger partial charge on any atom is -0.279 e. The Morgan fingerprint density at radius 1 is 1.25 bits per heavy atom. The Bertz CT molecular complexity index is 718. The van der Waals surface area contributed by atoms with Gasteiger partial charge in [0, 0.05) is 12.2 Å². The molecule has 0 aliphatic carbocycles. The molecule has 0 fully saturated rings. The molecule has 0 atom stereocenters. The Morgan fingerprint density at radius 2 is 1.95 bits per heavy atom. The molecule has 0 spiro atoms. The predicted molar refractivity (Wildman–Crippen MR) is 79.3 cm³/mol. The standard InChI is InChI=1S/C14H19N3O2S/c1-10(2)17-9-13(8-15-17)20(18,19)16-14-7-11(3)5-6-12(14)4/h5-10,16H,1-4H3. The number of nitrogens with zero attached hydrogens (tertiary/aromatic N) is 2. The molecule has 1 aromatic heterocycles. The molecule has 6 heteroatoms. The van der Waals surface area contributed by atoms with E-state index in [0.29, 0.717) is 5.69 Å². The molecule has 0 amide bonds. The molecule has 5 nitrogen and oxygen atoms in total. The molecular formula is C14H19N3O2S. The van der Waals surface area contributed by atoms with Crippen LogP contribution in [0.15, 0.2) is 35.5 Å². The summed E-state index contributed by atoms with van der Waals surface area (Å²) in [5.74, 6) is 0. The molecule has 0 unspecified atom stereocenters. The summed E-state index contributed by atoms with van der Waals surface area (Å²) in [6, 6.07) is 5.79. The van der Waals surface area contributed by atoms with E-state index in [9.17, 15) is 8.42 Å². The average Bonchev–Trinajstić information content (AvgIpc) is 2.84. The molecule has 2 rings (SSSR count). The van der Waals surface area contributed by atoms with Crippen molar-refractivity contribution in [2.45, 2.75) is 38.6 Å². The highest BCUT2D eigenvalue weighted by atomic mass is 32.2. The highest BCUT2D eigenvalue weighted by Gasteiger charge is 2.18. The summed E-state index contributed by atoms with van der Waals surface area (Å²) in [6.45, 7) is 7.69. The minimum absolute atomic E-state index is 0.125. The van der Waals surface area contributed by atoms with E-state index in [-0.39, 0.29) is 10.9 Å². The van der Waals surface area contributed by atoms with Crippen LogP contribution < -0.4 is 4.72 Å². The van der Waals surface area contributed by atoms with Gasteiger partial charge >= 0.3 is 0 Å². The third kappa shape index (κ3) is 3.01. The van der Waals surface area contributed by atoms with Gasteiger partial charge in [0.1, 0.15) is 4.90 Å². The number of aromatic nitrogens is 2. The number of hydrogen-bond donors (Lipinski definition) is 1. The zero-order valence-electron chi connectivity index (χ0n) is 12.1. The minimum atomic E-state index is -3.60. The molecule has 0 saturated carbocycles. The van der Waals surface area contributed by atoms with Crippen molar-refractivity contribution < 1.29 is 8.42 Å². The van der Waals surface area contributed by atoms with Gasteiger partial charge in [-0.25, -0.2) is 8.42 Å². The first-order valence-corrected chi connectivity index (χ1v) is 7.92. The number of sulfonamides is 1. The van der Waals surface area contributed by atoms with Gasteiger partial charge in [-0.2, -0.15) is 5.10 Å². The second-order valence-corrected chi connectivity index (χ2v) is 6.86. The maximum absolute atomic E-state index is 12.3.